The van der Waals surface area contributed by atoms with E-state index in [1.165, 1.54) is 11.3 Å². The van der Waals surface area contributed by atoms with Gasteiger partial charge in [-0.1, -0.05) is 35.0 Å². The fourth-order valence-corrected chi connectivity index (χ4v) is 2.53. The van der Waals surface area contributed by atoms with Crippen LogP contribution < -0.4 is 10.2 Å². The van der Waals surface area contributed by atoms with Gasteiger partial charge in [-0.2, -0.15) is 0 Å². The van der Waals surface area contributed by atoms with Crippen molar-refractivity contribution >= 4 is 21.6 Å². The van der Waals surface area contributed by atoms with Crippen LogP contribution in [0.4, 0.5) is 5.69 Å². The summed E-state index contributed by atoms with van der Waals surface area (Å²) in [6.07, 6.45) is 1.91. The molecule has 0 saturated heterocycles. The first kappa shape index (κ1) is 14.3. The van der Waals surface area contributed by atoms with E-state index >= 15 is 0 Å². The zero-order chi connectivity index (χ0) is 12.8. The number of nitrogens with zero attached hydrogens (tertiary/aromatic N) is 1. The van der Waals surface area contributed by atoms with Crippen molar-refractivity contribution < 1.29 is 0 Å². The fraction of sp³-hybridized carbons (Fsp3) is 0.429. The van der Waals surface area contributed by atoms with Gasteiger partial charge in [0.05, 0.1) is 0 Å². The van der Waals surface area contributed by atoms with Gasteiger partial charge < -0.3 is 10.2 Å². The van der Waals surface area contributed by atoms with Crippen molar-refractivity contribution in [2.45, 2.75) is 19.9 Å². The molecule has 0 spiro atoms. The zero-order valence-corrected chi connectivity index (χ0v) is 12.4. The Morgan fingerprint density at radius 3 is 2.76 bits per heavy atom. The van der Waals surface area contributed by atoms with Crippen LogP contribution in [0.1, 0.15) is 25.5 Å². The second-order valence-corrected chi connectivity index (χ2v) is 5.01. The Balaban J connectivity index is 2.89. The summed E-state index contributed by atoms with van der Waals surface area (Å²) in [6.45, 7) is 9.89. The molecule has 0 aliphatic rings. The number of hydrogen-bond acceptors (Lipinski definition) is 2. The Morgan fingerprint density at radius 1 is 1.53 bits per heavy atom. The quantitative estimate of drug-likeness (QED) is 0.805. The molecule has 3 heteroatoms. The maximum absolute atomic E-state index is 3.76. The van der Waals surface area contributed by atoms with Crippen LogP contribution in [0.15, 0.2) is 35.3 Å². The molecule has 0 saturated carbocycles. The van der Waals surface area contributed by atoms with E-state index < -0.39 is 0 Å². The van der Waals surface area contributed by atoms with Gasteiger partial charge in [-0.3, -0.25) is 0 Å². The van der Waals surface area contributed by atoms with E-state index in [1.54, 1.807) is 0 Å². The van der Waals surface area contributed by atoms with Crippen LogP contribution >= 0.6 is 15.9 Å². The Morgan fingerprint density at radius 2 is 2.24 bits per heavy atom. The van der Waals surface area contributed by atoms with Crippen LogP contribution in [-0.4, -0.2) is 20.1 Å². The minimum Gasteiger partial charge on any atom is -0.371 e. The molecule has 0 amide bonds. The molecule has 0 heterocycles. The summed E-state index contributed by atoms with van der Waals surface area (Å²) >= 11 is 3.64. The summed E-state index contributed by atoms with van der Waals surface area (Å²) in [5.41, 5.74) is 2.49. The van der Waals surface area contributed by atoms with E-state index in [9.17, 15) is 0 Å². The van der Waals surface area contributed by atoms with Gasteiger partial charge in [0, 0.05) is 29.8 Å². The van der Waals surface area contributed by atoms with Crippen molar-refractivity contribution in [1.29, 1.82) is 0 Å². The summed E-state index contributed by atoms with van der Waals surface area (Å²) < 4.78 is 1.15. The molecule has 17 heavy (non-hydrogen) atoms. The molecule has 0 radical (unpaired) electrons. The Kier molecular flexibility index (Phi) is 5.72. The topological polar surface area (TPSA) is 15.3 Å². The molecule has 0 aliphatic heterocycles. The molecule has 0 bridgehead atoms. The summed E-state index contributed by atoms with van der Waals surface area (Å²) in [7, 11) is 2.07. The molecule has 1 rings (SSSR count). The van der Waals surface area contributed by atoms with Crippen LogP contribution in [0.3, 0.4) is 0 Å². The summed E-state index contributed by atoms with van der Waals surface area (Å²) in [5.74, 6) is 0. The number of anilines is 1. The molecule has 0 aliphatic carbocycles. The van der Waals surface area contributed by atoms with E-state index in [4.69, 9.17) is 0 Å². The smallest absolute Gasteiger partial charge is 0.0377 e. The normalized spacial score (nSPS) is 12.2. The monoisotopic (exact) mass is 296 g/mol. The predicted octanol–water partition coefficient (Wildman–Crippen LogP) is 3.74. The molecule has 2 nitrogen and oxygen atoms in total. The lowest BCUT2D eigenvalue weighted by atomic mass is 10.1. The molecule has 1 unspecified atom stereocenters. The first-order valence-corrected chi connectivity index (χ1v) is 6.74. The lowest BCUT2D eigenvalue weighted by molar-refractivity contribution is 0.596. The molecule has 1 aromatic carbocycles. The average molecular weight is 297 g/mol. The molecule has 0 aromatic heterocycles. The standard InChI is InChI=1S/C14H21BrN2/c1-5-9-17(4)12-7-8-13(14(15)10-12)11(3)16-6-2/h5,7-8,10-11,16H,1,6,9H2,2-4H3. The predicted molar refractivity (Wildman–Crippen MR) is 79.7 cm³/mol. The van der Waals surface area contributed by atoms with Gasteiger partial charge in [0.25, 0.3) is 0 Å². The van der Waals surface area contributed by atoms with Crippen molar-refractivity contribution in [2.75, 3.05) is 25.0 Å². The van der Waals surface area contributed by atoms with Gasteiger partial charge in [-0.25, -0.2) is 0 Å². The number of rotatable bonds is 6. The molecule has 0 fully saturated rings. The van der Waals surface area contributed by atoms with Crippen LogP contribution in [0.2, 0.25) is 0 Å². The van der Waals surface area contributed by atoms with Gasteiger partial charge in [-0.05, 0) is 31.2 Å². The van der Waals surface area contributed by atoms with Crippen LogP contribution in [0, 0.1) is 0 Å². The van der Waals surface area contributed by atoms with Gasteiger partial charge in [0.15, 0.2) is 0 Å². The van der Waals surface area contributed by atoms with Crippen LogP contribution in [0.25, 0.3) is 0 Å². The summed E-state index contributed by atoms with van der Waals surface area (Å²) in [6, 6.07) is 6.85. The van der Waals surface area contributed by atoms with E-state index in [1.807, 2.05) is 6.08 Å². The highest BCUT2D eigenvalue weighted by Crippen LogP contribution is 2.27. The van der Waals surface area contributed by atoms with Gasteiger partial charge in [0.1, 0.15) is 0 Å². The molecular weight excluding hydrogens is 276 g/mol. The Bertz CT molecular complexity index is 376. The van der Waals surface area contributed by atoms with Gasteiger partial charge in [0.2, 0.25) is 0 Å². The highest BCUT2D eigenvalue weighted by Gasteiger charge is 2.09. The third-order valence-corrected chi connectivity index (χ3v) is 3.49. The second-order valence-electron chi connectivity index (χ2n) is 4.15. The maximum Gasteiger partial charge on any atom is 0.0377 e. The van der Waals surface area contributed by atoms with Crippen molar-refractivity contribution in [3.8, 4) is 0 Å². The van der Waals surface area contributed by atoms with Crippen molar-refractivity contribution in [3.05, 3.63) is 40.9 Å². The van der Waals surface area contributed by atoms with E-state index in [-0.39, 0.29) is 0 Å². The van der Waals surface area contributed by atoms with Crippen LogP contribution in [0.5, 0.6) is 0 Å². The first-order valence-electron chi connectivity index (χ1n) is 5.95. The largest absolute Gasteiger partial charge is 0.371 e. The van der Waals surface area contributed by atoms with Crippen molar-refractivity contribution in [2.24, 2.45) is 0 Å². The summed E-state index contributed by atoms with van der Waals surface area (Å²) in [5, 5.41) is 3.42. The summed E-state index contributed by atoms with van der Waals surface area (Å²) in [4.78, 5) is 2.17. The maximum atomic E-state index is 3.76. The number of nitrogens with one attached hydrogen (secondary N) is 1. The Hall–Kier alpha value is -0.800. The third kappa shape index (κ3) is 3.86. The van der Waals surface area contributed by atoms with E-state index in [2.05, 4.69) is 71.8 Å². The third-order valence-electron chi connectivity index (χ3n) is 2.80. The average Bonchev–Trinajstić information content (AvgIpc) is 2.29. The number of hydrogen-bond donors (Lipinski definition) is 1. The minimum absolute atomic E-state index is 0.369. The zero-order valence-electron chi connectivity index (χ0n) is 10.8. The van der Waals surface area contributed by atoms with Crippen molar-refractivity contribution in [3.63, 3.8) is 0 Å². The number of benzene rings is 1. The highest BCUT2D eigenvalue weighted by atomic mass is 79.9. The van der Waals surface area contributed by atoms with Crippen LogP contribution in [-0.2, 0) is 0 Å². The minimum atomic E-state index is 0.369. The van der Waals surface area contributed by atoms with E-state index in [0.717, 1.165) is 17.6 Å². The molecule has 1 aromatic rings. The lowest BCUT2D eigenvalue weighted by Gasteiger charge is -2.20. The molecule has 1 atom stereocenters. The number of likely N-dealkylation sites (N-methyl/N-ethyl adjacent to an activating group) is 1. The Labute approximate surface area is 113 Å². The highest BCUT2D eigenvalue weighted by molar-refractivity contribution is 9.10. The second kappa shape index (κ2) is 6.82. The van der Waals surface area contributed by atoms with Gasteiger partial charge in [-0.15, -0.1) is 6.58 Å². The first-order chi connectivity index (χ1) is 8.10. The van der Waals surface area contributed by atoms with Gasteiger partial charge >= 0.3 is 0 Å². The molecule has 1 N–H and O–H groups in total. The fourth-order valence-electron chi connectivity index (χ4n) is 1.82. The lowest BCUT2D eigenvalue weighted by Crippen LogP contribution is -2.19. The SMILES string of the molecule is C=CCN(C)c1ccc(C(C)NCC)c(Br)c1. The molecule has 94 valence electrons. The number of halogens is 1. The van der Waals surface area contributed by atoms with E-state index in [0.29, 0.717) is 6.04 Å². The molecular formula is C14H21BrN2. The van der Waals surface area contributed by atoms with Crippen molar-refractivity contribution in [1.82, 2.24) is 5.32 Å².